The second kappa shape index (κ2) is 8.83. The molecular formula is C20H23N3O5S2. The van der Waals surface area contributed by atoms with Crippen LogP contribution in [-0.4, -0.2) is 44.0 Å². The Morgan fingerprint density at radius 3 is 2.80 bits per heavy atom. The van der Waals surface area contributed by atoms with Gasteiger partial charge in [0, 0.05) is 30.2 Å². The first-order valence-corrected chi connectivity index (χ1v) is 12.3. The van der Waals surface area contributed by atoms with E-state index in [9.17, 15) is 18.0 Å². The highest BCUT2D eigenvalue weighted by Gasteiger charge is 2.30. The average Bonchev–Trinajstić information content (AvgIpc) is 3.41. The van der Waals surface area contributed by atoms with E-state index in [0.29, 0.717) is 17.2 Å². The normalized spacial score (nSPS) is 19.3. The minimum atomic E-state index is -3.77. The minimum absolute atomic E-state index is 0.00426. The Balaban J connectivity index is 1.45. The fourth-order valence-corrected chi connectivity index (χ4v) is 5.62. The van der Waals surface area contributed by atoms with Crippen LogP contribution in [0.4, 0.5) is 5.69 Å². The number of nitrogens with one attached hydrogen (secondary N) is 2. The summed E-state index contributed by atoms with van der Waals surface area (Å²) in [6, 6.07) is 8.02. The van der Waals surface area contributed by atoms with Crippen LogP contribution in [0, 0.1) is 5.92 Å². The van der Waals surface area contributed by atoms with E-state index in [0.717, 1.165) is 30.8 Å². The maximum atomic E-state index is 12.7. The third kappa shape index (κ3) is 4.71. The molecule has 10 heteroatoms. The lowest BCUT2D eigenvalue weighted by atomic mass is 10.1. The zero-order valence-electron chi connectivity index (χ0n) is 16.3. The summed E-state index contributed by atoms with van der Waals surface area (Å²) >= 11 is 1.45. The Bertz CT molecular complexity index is 1030. The van der Waals surface area contributed by atoms with Gasteiger partial charge >= 0.3 is 0 Å². The molecule has 160 valence electrons. The molecule has 1 aromatic carbocycles. The third-order valence-corrected chi connectivity index (χ3v) is 7.86. The molecular weight excluding hydrogens is 426 g/mol. The van der Waals surface area contributed by atoms with E-state index in [-0.39, 0.29) is 29.7 Å². The molecule has 0 saturated carbocycles. The molecule has 0 bridgehead atoms. The summed E-state index contributed by atoms with van der Waals surface area (Å²) in [4.78, 5) is 27.8. The number of furan rings is 1. The molecule has 3 heterocycles. The molecule has 1 atom stereocenters. The second-order valence-corrected chi connectivity index (χ2v) is 10.2. The van der Waals surface area contributed by atoms with Crippen molar-refractivity contribution in [1.82, 2.24) is 9.62 Å². The van der Waals surface area contributed by atoms with E-state index in [2.05, 4.69) is 10.0 Å². The van der Waals surface area contributed by atoms with Crippen LogP contribution in [0.3, 0.4) is 0 Å². The van der Waals surface area contributed by atoms with Crippen molar-refractivity contribution in [1.29, 1.82) is 0 Å². The van der Waals surface area contributed by atoms with Crippen molar-refractivity contribution in [2.45, 2.75) is 35.6 Å². The molecule has 1 aromatic heterocycles. The summed E-state index contributed by atoms with van der Waals surface area (Å²) in [6.45, 7) is 1.55. The molecule has 30 heavy (non-hydrogen) atoms. The number of benzene rings is 1. The lowest BCUT2D eigenvalue weighted by Gasteiger charge is -2.18. The fourth-order valence-electron chi connectivity index (χ4n) is 3.52. The smallest absolute Gasteiger partial charge is 0.241 e. The van der Waals surface area contributed by atoms with Gasteiger partial charge in [-0.1, -0.05) is 0 Å². The molecule has 1 unspecified atom stereocenters. The Kier molecular flexibility index (Phi) is 6.16. The summed E-state index contributed by atoms with van der Waals surface area (Å²) in [7, 11) is -3.77. The van der Waals surface area contributed by atoms with Crippen molar-refractivity contribution in [3.63, 3.8) is 0 Å². The summed E-state index contributed by atoms with van der Waals surface area (Å²) in [5.74, 6) is 0.271. The van der Waals surface area contributed by atoms with E-state index in [4.69, 9.17) is 4.42 Å². The van der Waals surface area contributed by atoms with Gasteiger partial charge in [0.2, 0.25) is 21.8 Å². The first-order chi connectivity index (χ1) is 14.4. The molecule has 2 aliphatic heterocycles. The number of fused-ring (bicyclic) bond motifs is 1. The third-order valence-electron chi connectivity index (χ3n) is 5.23. The lowest BCUT2D eigenvalue weighted by molar-refractivity contribution is -0.133. The Morgan fingerprint density at radius 1 is 1.27 bits per heavy atom. The number of amides is 2. The van der Waals surface area contributed by atoms with Crippen molar-refractivity contribution in [2.75, 3.05) is 24.2 Å². The summed E-state index contributed by atoms with van der Waals surface area (Å²) in [5.41, 5.74) is 0.446. The van der Waals surface area contributed by atoms with Gasteiger partial charge in [-0.05, 0) is 43.2 Å². The maximum absolute atomic E-state index is 12.7. The first kappa shape index (κ1) is 21.0. The minimum Gasteiger partial charge on any atom is -0.468 e. The van der Waals surface area contributed by atoms with E-state index in [1.54, 1.807) is 18.2 Å². The monoisotopic (exact) mass is 449 g/mol. The first-order valence-electron chi connectivity index (χ1n) is 9.80. The zero-order chi connectivity index (χ0) is 21.1. The van der Waals surface area contributed by atoms with Crippen molar-refractivity contribution in [3.8, 4) is 0 Å². The highest BCUT2D eigenvalue weighted by atomic mass is 32.2. The quantitative estimate of drug-likeness (QED) is 0.701. The van der Waals surface area contributed by atoms with Gasteiger partial charge in [0.15, 0.2) is 0 Å². The number of thioether (sulfide) groups is 1. The number of carbonyl (C=O) groups excluding carboxylic acids is 2. The van der Waals surface area contributed by atoms with Crippen LogP contribution >= 0.6 is 11.8 Å². The number of likely N-dealkylation sites (tertiary alicyclic amines) is 1. The number of nitrogens with zero attached hydrogens (tertiary/aromatic N) is 1. The average molecular weight is 450 g/mol. The zero-order valence-corrected chi connectivity index (χ0v) is 17.9. The van der Waals surface area contributed by atoms with Crippen LogP contribution in [0.15, 0.2) is 50.8 Å². The number of hydrogen-bond acceptors (Lipinski definition) is 6. The van der Waals surface area contributed by atoms with Gasteiger partial charge in [0.25, 0.3) is 0 Å². The Hall–Kier alpha value is -2.30. The van der Waals surface area contributed by atoms with Crippen molar-refractivity contribution in [2.24, 2.45) is 5.92 Å². The molecule has 2 amide bonds. The Morgan fingerprint density at radius 2 is 2.07 bits per heavy atom. The predicted molar refractivity (Wildman–Crippen MR) is 112 cm³/mol. The van der Waals surface area contributed by atoms with Gasteiger partial charge in [-0.2, -0.15) is 0 Å². The maximum Gasteiger partial charge on any atom is 0.241 e. The highest BCUT2D eigenvalue weighted by molar-refractivity contribution is 7.99. The molecule has 0 aliphatic carbocycles. The molecule has 1 fully saturated rings. The van der Waals surface area contributed by atoms with Gasteiger partial charge in [0.1, 0.15) is 5.76 Å². The number of sulfonamides is 1. The van der Waals surface area contributed by atoms with Crippen LogP contribution in [-0.2, 0) is 26.2 Å². The van der Waals surface area contributed by atoms with Crippen LogP contribution < -0.4 is 10.0 Å². The standard InChI is InChI=1S/C20H23N3O5S2/c24-19(23-7-1-2-8-23)10-14-13-29-18-6-5-16(11-17(18)22-20(14)25)30(26,27)21-12-15-4-3-9-28-15/h3-6,9,11,14,21H,1-2,7-8,10,12-13H2,(H,22,25). The summed E-state index contributed by atoms with van der Waals surface area (Å²) < 4.78 is 32.9. The summed E-state index contributed by atoms with van der Waals surface area (Å²) in [5, 5.41) is 2.81. The number of anilines is 1. The van der Waals surface area contributed by atoms with Gasteiger partial charge in [-0.25, -0.2) is 13.1 Å². The van der Waals surface area contributed by atoms with E-state index in [1.165, 1.54) is 30.2 Å². The Labute approximate surface area is 179 Å². The molecule has 2 aromatic rings. The van der Waals surface area contributed by atoms with E-state index >= 15 is 0 Å². The van der Waals surface area contributed by atoms with Gasteiger partial charge in [-0.15, -0.1) is 11.8 Å². The number of rotatable bonds is 6. The molecule has 1 saturated heterocycles. The number of carbonyl (C=O) groups is 2. The van der Waals surface area contributed by atoms with Crippen LogP contribution in [0.2, 0.25) is 0 Å². The van der Waals surface area contributed by atoms with Crippen molar-refractivity contribution < 1.29 is 22.4 Å². The molecule has 0 spiro atoms. The van der Waals surface area contributed by atoms with Gasteiger partial charge in [-0.3, -0.25) is 9.59 Å². The summed E-state index contributed by atoms with van der Waals surface area (Å²) in [6.07, 6.45) is 3.66. The van der Waals surface area contributed by atoms with Gasteiger partial charge in [0.05, 0.1) is 29.3 Å². The van der Waals surface area contributed by atoms with Crippen LogP contribution in [0.5, 0.6) is 0 Å². The molecule has 0 radical (unpaired) electrons. The van der Waals surface area contributed by atoms with E-state index < -0.39 is 15.9 Å². The SMILES string of the molecule is O=C1Nc2cc(S(=O)(=O)NCc3ccco3)ccc2SCC1CC(=O)N1CCCC1. The van der Waals surface area contributed by atoms with Crippen molar-refractivity contribution in [3.05, 3.63) is 42.4 Å². The molecule has 8 nitrogen and oxygen atoms in total. The molecule has 4 rings (SSSR count). The largest absolute Gasteiger partial charge is 0.468 e. The second-order valence-electron chi connectivity index (χ2n) is 7.35. The fraction of sp³-hybridized carbons (Fsp3) is 0.400. The van der Waals surface area contributed by atoms with Gasteiger partial charge < -0.3 is 14.6 Å². The lowest BCUT2D eigenvalue weighted by Crippen LogP contribution is -2.33. The topological polar surface area (TPSA) is 109 Å². The van der Waals surface area contributed by atoms with E-state index in [1.807, 2.05) is 4.90 Å². The molecule has 2 aliphatic rings. The van der Waals surface area contributed by atoms with Crippen molar-refractivity contribution >= 4 is 39.3 Å². The van der Waals surface area contributed by atoms with Crippen LogP contribution in [0.1, 0.15) is 25.0 Å². The predicted octanol–water partition coefficient (Wildman–Crippen LogP) is 2.43. The van der Waals surface area contributed by atoms with Crippen LogP contribution in [0.25, 0.3) is 0 Å². The molecule has 2 N–H and O–H groups in total. The number of hydrogen-bond donors (Lipinski definition) is 2. The highest BCUT2D eigenvalue weighted by Crippen LogP contribution is 2.35.